The van der Waals surface area contributed by atoms with Crippen LogP contribution in [0.1, 0.15) is 54.9 Å². The summed E-state index contributed by atoms with van der Waals surface area (Å²) in [6.45, 7) is 2.21. The highest BCUT2D eigenvalue weighted by molar-refractivity contribution is 5.92. The Morgan fingerprint density at radius 2 is 2.06 bits per heavy atom. The number of rotatable bonds is 5. The molecule has 1 aromatic carbocycles. The number of carbonyl (C=O) groups is 1. The van der Waals surface area contributed by atoms with Crippen LogP contribution in [0.15, 0.2) is 24.3 Å². The van der Waals surface area contributed by atoms with E-state index in [2.05, 4.69) is 6.92 Å². The molecule has 0 aromatic heterocycles. The second-order valence-electron chi connectivity index (χ2n) is 4.74. The number of cyclic esters (lactones) is 1. The lowest BCUT2D eigenvalue weighted by Crippen LogP contribution is -2.27. The minimum Gasteiger partial charge on any atom is -0.458 e. The van der Waals surface area contributed by atoms with E-state index in [1.807, 2.05) is 24.3 Å². The van der Waals surface area contributed by atoms with Crippen molar-refractivity contribution in [2.45, 2.75) is 51.6 Å². The molecule has 0 fully saturated rings. The van der Waals surface area contributed by atoms with Crippen molar-refractivity contribution >= 4 is 5.97 Å². The van der Waals surface area contributed by atoms with Gasteiger partial charge in [-0.05, 0) is 24.5 Å². The Balaban J connectivity index is 1.91. The normalized spacial score (nSPS) is 18.6. The van der Waals surface area contributed by atoms with Crippen LogP contribution < -0.4 is 0 Å². The van der Waals surface area contributed by atoms with Gasteiger partial charge < -0.3 is 4.74 Å². The fourth-order valence-corrected chi connectivity index (χ4v) is 2.36. The lowest BCUT2D eigenvalue weighted by atomic mass is 9.96. The van der Waals surface area contributed by atoms with Crippen LogP contribution in [-0.4, -0.2) is 12.1 Å². The number of hydrogen-bond acceptors (Lipinski definition) is 2. The van der Waals surface area contributed by atoms with Gasteiger partial charge in [-0.3, -0.25) is 0 Å². The number of esters is 1. The van der Waals surface area contributed by atoms with E-state index in [1.165, 1.54) is 19.3 Å². The van der Waals surface area contributed by atoms with Crippen molar-refractivity contribution in [1.29, 1.82) is 0 Å². The standard InChI is InChI=1S/C15H20O2/c1-2-3-4-5-9-13-11-12-8-6-7-10-14(12)15(16)17-13/h6-8,10,13H,2-5,9,11H2,1H3/t13-/m0/s1. The summed E-state index contributed by atoms with van der Waals surface area (Å²) in [4.78, 5) is 11.8. The Bertz CT molecular complexity index is 384. The first-order valence-corrected chi connectivity index (χ1v) is 6.60. The molecule has 1 atom stereocenters. The molecular weight excluding hydrogens is 212 g/mol. The molecule has 0 radical (unpaired) electrons. The summed E-state index contributed by atoms with van der Waals surface area (Å²) >= 11 is 0. The largest absolute Gasteiger partial charge is 0.458 e. The number of carbonyl (C=O) groups excluding carboxylic acids is 1. The number of fused-ring (bicyclic) bond motifs is 1. The van der Waals surface area contributed by atoms with Crippen molar-refractivity contribution in [3.8, 4) is 0 Å². The molecule has 0 saturated heterocycles. The monoisotopic (exact) mass is 232 g/mol. The Kier molecular flexibility index (Phi) is 4.18. The van der Waals surface area contributed by atoms with Gasteiger partial charge in [0.1, 0.15) is 6.10 Å². The van der Waals surface area contributed by atoms with Crippen LogP contribution in [0.2, 0.25) is 0 Å². The molecule has 0 saturated carbocycles. The van der Waals surface area contributed by atoms with Gasteiger partial charge in [-0.25, -0.2) is 4.79 Å². The van der Waals surface area contributed by atoms with Crippen molar-refractivity contribution < 1.29 is 9.53 Å². The minimum absolute atomic E-state index is 0.0919. The van der Waals surface area contributed by atoms with Crippen molar-refractivity contribution in [2.24, 2.45) is 0 Å². The first-order valence-electron chi connectivity index (χ1n) is 6.60. The van der Waals surface area contributed by atoms with E-state index in [9.17, 15) is 4.79 Å². The van der Waals surface area contributed by atoms with Crippen LogP contribution in [0.4, 0.5) is 0 Å². The molecule has 0 N–H and O–H groups in total. The van der Waals surface area contributed by atoms with Gasteiger partial charge in [0.25, 0.3) is 0 Å². The van der Waals surface area contributed by atoms with Crippen molar-refractivity contribution in [1.82, 2.24) is 0 Å². The van der Waals surface area contributed by atoms with E-state index in [0.29, 0.717) is 0 Å². The van der Waals surface area contributed by atoms with E-state index in [1.54, 1.807) is 0 Å². The van der Waals surface area contributed by atoms with Crippen LogP contribution in [0.5, 0.6) is 0 Å². The number of benzene rings is 1. The Labute approximate surface area is 103 Å². The maximum Gasteiger partial charge on any atom is 0.338 e. The van der Waals surface area contributed by atoms with Crippen molar-refractivity contribution in [2.75, 3.05) is 0 Å². The highest BCUT2D eigenvalue weighted by Gasteiger charge is 2.25. The average molecular weight is 232 g/mol. The highest BCUT2D eigenvalue weighted by Crippen LogP contribution is 2.23. The zero-order valence-corrected chi connectivity index (χ0v) is 10.4. The van der Waals surface area contributed by atoms with Crippen LogP contribution in [0.3, 0.4) is 0 Å². The summed E-state index contributed by atoms with van der Waals surface area (Å²) in [7, 11) is 0. The van der Waals surface area contributed by atoms with Gasteiger partial charge >= 0.3 is 5.97 Å². The van der Waals surface area contributed by atoms with E-state index in [0.717, 1.165) is 30.4 Å². The van der Waals surface area contributed by atoms with Crippen LogP contribution in [0.25, 0.3) is 0 Å². The number of unbranched alkanes of at least 4 members (excludes halogenated alkanes) is 3. The molecule has 17 heavy (non-hydrogen) atoms. The molecule has 0 amide bonds. The summed E-state index contributed by atoms with van der Waals surface area (Å²) in [6.07, 6.45) is 6.90. The van der Waals surface area contributed by atoms with Crippen molar-refractivity contribution in [3.05, 3.63) is 35.4 Å². The van der Waals surface area contributed by atoms with Crippen LogP contribution >= 0.6 is 0 Å². The van der Waals surface area contributed by atoms with E-state index >= 15 is 0 Å². The molecule has 0 spiro atoms. The van der Waals surface area contributed by atoms with Gasteiger partial charge in [-0.15, -0.1) is 0 Å². The fraction of sp³-hybridized carbons (Fsp3) is 0.533. The fourth-order valence-electron chi connectivity index (χ4n) is 2.36. The summed E-state index contributed by atoms with van der Waals surface area (Å²) < 4.78 is 5.45. The highest BCUT2D eigenvalue weighted by atomic mass is 16.5. The number of hydrogen-bond donors (Lipinski definition) is 0. The molecule has 0 aliphatic carbocycles. The molecule has 1 aliphatic rings. The molecule has 2 nitrogen and oxygen atoms in total. The van der Waals surface area contributed by atoms with Gasteiger partial charge in [0.15, 0.2) is 0 Å². The Morgan fingerprint density at radius 3 is 2.88 bits per heavy atom. The zero-order chi connectivity index (χ0) is 12.1. The smallest absolute Gasteiger partial charge is 0.338 e. The molecule has 1 heterocycles. The van der Waals surface area contributed by atoms with Crippen LogP contribution in [-0.2, 0) is 11.2 Å². The summed E-state index contributed by atoms with van der Waals surface area (Å²) in [5, 5.41) is 0. The maximum absolute atomic E-state index is 11.8. The summed E-state index contributed by atoms with van der Waals surface area (Å²) in [5.74, 6) is -0.146. The van der Waals surface area contributed by atoms with Crippen molar-refractivity contribution in [3.63, 3.8) is 0 Å². The molecule has 0 unspecified atom stereocenters. The Hall–Kier alpha value is -1.31. The average Bonchev–Trinajstić information content (AvgIpc) is 2.35. The van der Waals surface area contributed by atoms with E-state index in [4.69, 9.17) is 4.74 Å². The maximum atomic E-state index is 11.8. The lowest BCUT2D eigenvalue weighted by Gasteiger charge is -2.24. The summed E-state index contributed by atoms with van der Waals surface area (Å²) in [6, 6.07) is 7.77. The lowest BCUT2D eigenvalue weighted by molar-refractivity contribution is 0.0232. The predicted molar refractivity (Wildman–Crippen MR) is 68.1 cm³/mol. The van der Waals surface area contributed by atoms with Gasteiger partial charge in [-0.1, -0.05) is 44.4 Å². The van der Waals surface area contributed by atoms with Gasteiger partial charge in [0.2, 0.25) is 0 Å². The first-order chi connectivity index (χ1) is 8.31. The molecule has 92 valence electrons. The second kappa shape index (κ2) is 5.85. The van der Waals surface area contributed by atoms with Gasteiger partial charge in [-0.2, -0.15) is 0 Å². The SMILES string of the molecule is CCCCCC[C@H]1Cc2ccccc2C(=O)O1. The van der Waals surface area contributed by atoms with E-state index < -0.39 is 0 Å². The first kappa shape index (κ1) is 12.2. The minimum atomic E-state index is -0.146. The summed E-state index contributed by atoms with van der Waals surface area (Å²) in [5.41, 5.74) is 1.89. The zero-order valence-electron chi connectivity index (χ0n) is 10.4. The van der Waals surface area contributed by atoms with Crippen LogP contribution in [0, 0.1) is 0 Å². The molecule has 1 aliphatic heterocycles. The third-order valence-electron chi connectivity index (χ3n) is 3.34. The van der Waals surface area contributed by atoms with Gasteiger partial charge in [0, 0.05) is 6.42 Å². The quantitative estimate of drug-likeness (QED) is 0.571. The second-order valence-corrected chi connectivity index (χ2v) is 4.74. The molecule has 2 rings (SSSR count). The number of ether oxygens (including phenoxy) is 1. The third-order valence-corrected chi connectivity index (χ3v) is 3.34. The molecule has 2 heteroatoms. The molecule has 0 bridgehead atoms. The third kappa shape index (κ3) is 3.09. The topological polar surface area (TPSA) is 26.3 Å². The van der Waals surface area contributed by atoms with E-state index in [-0.39, 0.29) is 12.1 Å². The molecule has 1 aromatic rings. The van der Waals surface area contributed by atoms with Gasteiger partial charge in [0.05, 0.1) is 5.56 Å². The Morgan fingerprint density at radius 1 is 1.24 bits per heavy atom. The molecular formula is C15H20O2. The predicted octanol–water partition coefficient (Wildman–Crippen LogP) is 3.74.